The van der Waals surface area contributed by atoms with Gasteiger partial charge in [-0.05, 0) is 50.1 Å². The Morgan fingerprint density at radius 3 is 2.90 bits per heavy atom. The van der Waals surface area contributed by atoms with E-state index in [9.17, 15) is 9.59 Å². The Kier molecular flexibility index (Phi) is 4.92. The number of amides is 1. The molecule has 0 unspecified atom stereocenters. The van der Waals surface area contributed by atoms with Crippen molar-refractivity contribution >= 4 is 38.3 Å². The summed E-state index contributed by atoms with van der Waals surface area (Å²) in [5.41, 5.74) is 1.18. The normalized spacial score (nSPS) is 16.5. The van der Waals surface area contributed by atoms with Gasteiger partial charge in [0, 0.05) is 18.5 Å². The zero-order valence-corrected chi connectivity index (χ0v) is 17.4. The topological polar surface area (TPSA) is 72.9 Å². The summed E-state index contributed by atoms with van der Waals surface area (Å²) in [7, 11) is 0. The van der Waals surface area contributed by atoms with Gasteiger partial charge in [-0.15, -0.1) is 11.3 Å². The Bertz CT molecular complexity index is 1260. The molecule has 0 radical (unpaired) electrons. The number of hydrogen-bond acceptors (Lipinski definition) is 6. The van der Waals surface area contributed by atoms with Crippen LogP contribution in [0.25, 0.3) is 21.1 Å². The molecule has 1 aliphatic heterocycles. The summed E-state index contributed by atoms with van der Waals surface area (Å²) < 4.78 is 17.5. The lowest BCUT2D eigenvalue weighted by Crippen LogP contribution is -2.36. The molecule has 4 aromatic rings. The zero-order chi connectivity index (χ0) is 20.7. The van der Waals surface area contributed by atoms with E-state index < -0.39 is 5.63 Å². The highest BCUT2D eigenvalue weighted by Gasteiger charge is 2.26. The molecule has 5 rings (SSSR count). The molecular weight excluding hydrogens is 402 g/mol. The van der Waals surface area contributed by atoms with Crippen LogP contribution < -0.4 is 5.63 Å². The van der Waals surface area contributed by atoms with Gasteiger partial charge in [-0.25, -0.2) is 4.79 Å². The maximum absolute atomic E-state index is 13.4. The predicted molar refractivity (Wildman–Crippen MR) is 115 cm³/mol. The summed E-state index contributed by atoms with van der Waals surface area (Å²) in [6, 6.07) is 11.0. The second-order valence-corrected chi connectivity index (χ2v) is 8.69. The number of fused-ring (bicyclic) bond motifs is 3. The number of nitrogens with zero attached hydrogens (tertiary/aromatic N) is 1. The average molecular weight is 423 g/mol. The molecule has 0 N–H and O–H groups in total. The lowest BCUT2D eigenvalue weighted by Gasteiger charge is -2.24. The molecule has 0 bridgehead atoms. The molecule has 154 valence electrons. The van der Waals surface area contributed by atoms with E-state index in [1.807, 2.05) is 31.2 Å². The molecule has 1 fully saturated rings. The van der Waals surface area contributed by atoms with Gasteiger partial charge in [-0.2, -0.15) is 0 Å². The molecule has 7 heteroatoms. The van der Waals surface area contributed by atoms with Gasteiger partial charge in [0.05, 0.1) is 33.9 Å². The van der Waals surface area contributed by atoms with E-state index in [1.54, 1.807) is 23.3 Å². The number of ether oxygens (including phenoxy) is 1. The fraction of sp³-hybridized carbons (Fsp3) is 0.304. The fourth-order valence-electron chi connectivity index (χ4n) is 3.91. The van der Waals surface area contributed by atoms with Crippen molar-refractivity contribution in [3.8, 4) is 0 Å². The number of carbonyl (C=O) groups excluding carboxylic acids is 1. The van der Waals surface area contributed by atoms with Crippen molar-refractivity contribution in [3.05, 3.63) is 69.3 Å². The van der Waals surface area contributed by atoms with Crippen molar-refractivity contribution in [2.24, 2.45) is 0 Å². The molecule has 4 heterocycles. The first-order valence-electron chi connectivity index (χ1n) is 9.99. The molecule has 6 nitrogen and oxygen atoms in total. The van der Waals surface area contributed by atoms with Crippen LogP contribution in [0.1, 0.15) is 33.8 Å². The van der Waals surface area contributed by atoms with Crippen molar-refractivity contribution in [2.45, 2.75) is 32.4 Å². The molecule has 1 aromatic carbocycles. The first kappa shape index (κ1) is 19.1. The molecule has 30 heavy (non-hydrogen) atoms. The van der Waals surface area contributed by atoms with E-state index in [1.165, 1.54) is 11.3 Å². The van der Waals surface area contributed by atoms with E-state index in [0.29, 0.717) is 34.7 Å². The van der Waals surface area contributed by atoms with Crippen molar-refractivity contribution in [2.75, 3.05) is 13.2 Å². The van der Waals surface area contributed by atoms with Crippen LogP contribution in [0.2, 0.25) is 0 Å². The van der Waals surface area contributed by atoms with Crippen molar-refractivity contribution in [3.63, 3.8) is 0 Å². The van der Waals surface area contributed by atoms with E-state index in [2.05, 4.69) is 0 Å². The Morgan fingerprint density at radius 2 is 2.13 bits per heavy atom. The lowest BCUT2D eigenvalue weighted by molar-refractivity contribution is 0.0495. The Morgan fingerprint density at radius 1 is 1.23 bits per heavy atom. The second kappa shape index (κ2) is 7.74. The number of hydrogen-bond donors (Lipinski definition) is 0. The Hall–Kier alpha value is -2.90. The molecule has 1 amide bonds. The first-order chi connectivity index (χ1) is 14.6. The van der Waals surface area contributed by atoms with Gasteiger partial charge >= 0.3 is 5.63 Å². The minimum Gasteiger partial charge on any atom is -0.467 e. The molecule has 0 saturated carbocycles. The maximum atomic E-state index is 13.4. The Labute approximate surface area is 176 Å². The predicted octanol–water partition coefficient (Wildman–Crippen LogP) is 4.73. The SMILES string of the molecule is Cc1ccc2oc(=O)c3cc(C(=O)N(Cc4ccco4)C[C@@H]4CCCO4)sc3c2c1. The molecule has 1 saturated heterocycles. The third-order valence-corrected chi connectivity index (χ3v) is 6.56. The van der Waals surface area contributed by atoms with Gasteiger partial charge in [-0.3, -0.25) is 4.79 Å². The summed E-state index contributed by atoms with van der Waals surface area (Å²) >= 11 is 1.33. The van der Waals surface area contributed by atoms with Gasteiger partial charge < -0.3 is 18.5 Å². The number of furan rings is 1. The van der Waals surface area contributed by atoms with Crippen LogP contribution in [0, 0.1) is 6.92 Å². The van der Waals surface area contributed by atoms with Crippen LogP contribution >= 0.6 is 11.3 Å². The second-order valence-electron chi connectivity index (χ2n) is 7.64. The summed E-state index contributed by atoms with van der Waals surface area (Å²) in [6.45, 7) is 3.56. The monoisotopic (exact) mass is 423 g/mol. The molecular formula is C23H21NO5S. The van der Waals surface area contributed by atoms with Crippen LogP contribution in [-0.2, 0) is 11.3 Å². The summed E-state index contributed by atoms with van der Waals surface area (Å²) in [6.07, 6.45) is 3.56. The largest absolute Gasteiger partial charge is 0.467 e. The highest BCUT2D eigenvalue weighted by Crippen LogP contribution is 2.32. The standard InChI is InChI=1S/C23H21NO5S/c1-14-6-7-19-17(10-14)21-18(23(26)29-19)11-20(30-21)22(25)24(12-15-4-2-8-27-15)13-16-5-3-9-28-16/h2,4,6-8,10-11,16H,3,5,9,12-13H2,1H3/t16-/m0/s1. The third kappa shape index (κ3) is 3.55. The summed E-state index contributed by atoms with van der Waals surface area (Å²) in [5.74, 6) is 0.575. The number of carbonyl (C=O) groups is 1. The highest BCUT2D eigenvalue weighted by atomic mass is 32.1. The first-order valence-corrected chi connectivity index (χ1v) is 10.8. The van der Waals surface area contributed by atoms with Crippen LogP contribution in [0.4, 0.5) is 0 Å². The van der Waals surface area contributed by atoms with E-state index in [-0.39, 0.29) is 12.0 Å². The van der Waals surface area contributed by atoms with E-state index in [4.69, 9.17) is 13.6 Å². The van der Waals surface area contributed by atoms with Crippen molar-refractivity contribution in [1.29, 1.82) is 0 Å². The van der Waals surface area contributed by atoms with Crippen LogP contribution in [0.3, 0.4) is 0 Å². The molecule has 0 spiro atoms. The zero-order valence-electron chi connectivity index (χ0n) is 16.6. The minimum absolute atomic E-state index is 0.0202. The molecule has 1 atom stereocenters. The lowest BCUT2D eigenvalue weighted by atomic mass is 10.1. The third-order valence-electron chi connectivity index (χ3n) is 5.41. The van der Waals surface area contributed by atoms with E-state index in [0.717, 1.165) is 35.1 Å². The number of benzene rings is 1. The van der Waals surface area contributed by atoms with Crippen LogP contribution in [0.5, 0.6) is 0 Å². The molecule has 0 aliphatic carbocycles. The summed E-state index contributed by atoms with van der Waals surface area (Å²) in [4.78, 5) is 28.2. The Balaban J connectivity index is 1.55. The van der Waals surface area contributed by atoms with Gasteiger partial charge in [-0.1, -0.05) is 11.6 Å². The number of aryl methyl sites for hydroxylation is 1. The number of thiophene rings is 1. The molecule has 1 aliphatic rings. The van der Waals surface area contributed by atoms with E-state index >= 15 is 0 Å². The van der Waals surface area contributed by atoms with Crippen molar-refractivity contribution in [1.82, 2.24) is 4.90 Å². The quantitative estimate of drug-likeness (QED) is 0.434. The van der Waals surface area contributed by atoms with Gasteiger partial charge in [0.15, 0.2) is 0 Å². The minimum atomic E-state index is -0.423. The maximum Gasteiger partial charge on any atom is 0.345 e. The average Bonchev–Trinajstić information content (AvgIpc) is 3.49. The van der Waals surface area contributed by atoms with Crippen molar-refractivity contribution < 1.29 is 18.4 Å². The number of rotatable bonds is 5. The summed E-state index contributed by atoms with van der Waals surface area (Å²) in [5, 5.41) is 1.29. The molecule has 3 aromatic heterocycles. The fourth-order valence-corrected chi connectivity index (χ4v) is 5.05. The van der Waals surface area contributed by atoms with Gasteiger partial charge in [0.1, 0.15) is 11.3 Å². The smallest absolute Gasteiger partial charge is 0.345 e. The highest BCUT2D eigenvalue weighted by molar-refractivity contribution is 7.21. The van der Waals surface area contributed by atoms with Gasteiger partial charge in [0.25, 0.3) is 5.91 Å². The van der Waals surface area contributed by atoms with Crippen LogP contribution in [0.15, 0.2) is 56.3 Å². The van der Waals surface area contributed by atoms with Crippen LogP contribution in [-0.4, -0.2) is 30.1 Å². The van der Waals surface area contributed by atoms with Gasteiger partial charge in [0.2, 0.25) is 0 Å².